The van der Waals surface area contributed by atoms with Gasteiger partial charge in [0.15, 0.2) is 4.67 Å². The van der Waals surface area contributed by atoms with E-state index in [2.05, 4.69) is 26.2 Å². The van der Waals surface area contributed by atoms with Gasteiger partial charge in [0.1, 0.15) is 5.56 Å². The number of rotatable bonds is 4. The lowest BCUT2D eigenvalue weighted by Crippen LogP contribution is -2.15. The summed E-state index contributed by atoms with van der Waals surface area (Å²) in [7, 11) is 0. The van der Waals surface area contributed by atoms with Gasteiger partial charge in [-0.15, -0.1) is 0 Å². The van der Waals surface area contributed by atoms with Gasteiger partial charge in [-0.3, -0.25) is 4.79 Å². The van der Waals surface area contributed by atoms with Crippen LogP contribution in [0, 0.1) is 6.92 Å². The highest BCUT2D eigenvalue weighted by molar-refractivity contribution is 9.10. The van der Waals surface area contributed by atoms with Crippen molar-refractivity contribution in [2.24, 2.45) is 0 Å². The molecule has 2 aromatic heterocycles. The number of aryl methyl sites for hydroxylation is 1. The van der Waals surface area contributed by atoms with Gasteiger partial charge in [-0.1, -0.05) is 0 Å². The molecule has 1 amide bonds. The number of furan rings is 1. The number of amides is 1. The standard InChI is InChI=1S/C13H13BrN2O4/c1-3-19-13(18)10-7(2)15-6-9(10)16-12(17)8-4-5-20-11(8)14/h4-6,15H,3H2,1-2H3,(H,16,17). The fraction of sp³-hybridized carbons (Fsp3) is 0.231. The second-order valence-corrected chi connectivity index (χ2v) is 4.71. The molecule has 0 aliphatic heterocycles. The largest absolute Gasteiger partial charge is 0.462 e. The maximum Gasteiger partial charge on any atom is 0.342 e. The number of aromatic nitrogens is 1. The van der Waals surface area contributed by atoms with Gasteiger partial charge < -0.3 is 19.5 Å². The smallest absolute Gasteiger partial charge is 0.342 e. The number of esters is 1. The van der Waals surface area contributed by atoms with Gasteiger partial charge in [0, 0.05) is 11.9 Å². The molecule has 20 heavy (non-hydrogen) atoms. The van der Waals surface area contributed by atoms with Crippen LogP contribution in [-0.4, -0.2) is 23.5 Å². The number of aromatic amines is 1. The maximum absolute atomic E-state index is 12.1. The van der Waals surface area contributed by atoms with Gasteiger partial charge >= 0.3 is 5.97 Å². The van der Waals surface area contributed by atoms with E-state index in [0.29, 0.717) is 27.2 Å². The number of H-pyrrole nitrogens is 1. The molecule has 106 valence electrons. The molecule has 6 nitrogen and oxygen atoms in total. The molecule has 2 heterocycles. The summed E-state index contributed by atoms with van der Waals surface area (Å²) in [6.45, 7) is 3.72. The molecule has 2 aromatic rings. The van der Waals surface area contributed by atoms with Crippen molar-refractivity contribution in [3.63, 3.8) is 0 Å². The third kappa shape index (κ3) is 2.77. The third-order valence-electron chi connectivity index (χ3n) is 2.67. The molecule has 0 aliphatic rings. The third-order valence-corrected chi connectivity index (χ3v) is 3.28. The lowest BCUT2D eigenvalue weighted by Gasteiger charge is -2.06. The molecule has 0 saturated heterocycles. The van der Waals surface area contributed by atoms with Crippen molar-refractivity contribution in [1.29, 1.82) is 0 Å². The van der Waals surface area contributed by atoms with Gasteiger partial charge in [0.25, 0.3) is 5.91 Å². The van der Waals surface area contributed by atoms with Crippen molar-refractivity contribution >= 4 is 33.5 Å². The SMILES string of the molecule is CCOC(=O)c1c(NC(=O)c2ccoc2Br)c[nH]c1C. The predicted molar refractivity (Wildman–Crippen MR) is 75.8 cm³/mol. The first-order chi connectivity index (χ1) is 9.54. The first-order valence-corrected chi connectivity index (χ1v) is 6.73. The van der Waals surface area contributed by atoms with Crippen LogP contribution in [0.4, 0.5) is 5.69 Å². The van der Waals surface area contributed by atoms with E-state index in [4.69, 9.17) is 9.15 Å². The molecule has 0 radical (unpaired) electrons. The Kier molecular flexibility index (Phi) is 4.29. The zero-order valence-electron chi connectivity index (χ0n) is 11.0. The molecular weight excluding hydrogens is 328 g/mol. The van der Waals surface area contributed by atoms with Crippen molar-refractivity contribution < 1.29 is 18.7 Å². The second-order valence-electron chi connectivity index (χ2n) is 3.98. The van der Waals surface area contributed by atoms with Gasteiger partial charge in [-0.2, -0.15) is 0 Å². The lowest BCUT2D eigenvalue weighted by molar-refractivity contribution is 0.0527. The monoisotopic (exact) mass is 340 g/mol. The highest BCUT2D eigenvalue weighted by Gasteiger charge is 2.21. The summed E-state index contributed by atoms with van der Waals surface area (Å²) in [5.41, 5.74) is 1.67. The average molecular weight is 341 g/mol. The molecule has 0 bridgehead atoms. The number of halogens is 1. The Balaban J connectivity index is 2.24. The summed E-state index contributed by atoms with van der Waals surface area (Å²) < 4.78 is 10.3. The zero-order valence-corrected chi connectivity index (χ0v) is 12.5. The Morgan fingerprint density at radius 3 is 2.85 bits per heavy atom. The first-order valence-electron chi connectivity index (χ1n) is 5.94. The summed E-state index contributed by atoms with van der Waals surface area (Å²) in [6.07, 6.45) is 2.95. The van der Waals surface area contributed by atoms with Crippen LogP contribution >= 0.6 is 15.9 Å². The van der Waals surface area contributed by atoms with E-state index >= 15 is 0 Å². The lowest BCUT2D eigenvalue weighted by atomic mass is 10.2. The Morgan fingerprint density at radius 1 is 1.50 bits per heavy atom. The van der Waals surface area contributed by atoms with Crippen molar-refractivity contribution in [2.45, 2.75) is 13.8 Å². The van der Waals surface area contributed by atoms with Gasteiger partial charge in [-0.05, 0) is 35.8 Å². The van der Waals surface area contributed by atoms with E-state index in [1.165, 1.54) is 12.3 Å². The Bertz CT molecular complexity index is 645. The minimum absolute atomic E-state index is 0.268. The summed E-state index contributed by atoms with van der Waals surface area (Å²) in [5, 5.41) is 2.65. The van der Waals surface area contributed by atoms with Crippen molar-refractivity contribution in [2.75, 3.05) is 11.9 Å². The number of carbonyl (C=O) groups is 2. The van der Waals surface area contributed by atoms with E-state index in [1.54, 1.807) is 20.0 Å². The maximum atomic E-state index is 12.1. The van der Waals surface area contributed by atoms with Gasteiger partial charge in [-0.25, -0.2) is 4.79 Å². The molecule has 0 aliphatic carbocycles. The summed E-state index contributed by atoms with van der Waals surface area (Å²) in [4.78, 5) is 26.8. The van der Waals surface area contributed by atoms with Gasteiger partial charge in [0.05, 0.1) is 24.1 Å². The summed E-state index contributed by atoms with van der Waals surface area (Å²) in [5.74, 6) is -0.858. The van der Waals surface area contributed by atoms with Crippen LogP contribution in [0.2, 0.25) is 0 Å². The molecule has 0 fully saturated rings. The van der Waals surface area contributed by atoms with E-state index in [1.807, 2.05) is 0 Å². The zero-order chi connectivity index (χ0) is 14.7. The Hall–Kier alpha value is -2.02. The number of nitrogens with one attached hydrogen (secondary N) is 2. The highest BCUT2D eigenvalue weighted by atomic mass is 79.9. The fourth-order valence-electron chi connectivity index (χ4n) is 1.74. The van der Waals surface area contributed by atoms with Crippen LogP contribution in [-0.2, 0) is 4.74 Å². The number of ether oxygens (including phenoxy) is 1. The molecule has 0 spiro atoms. The van der Waals surface area contributed by atoms with Gasteiger partial charge in [0.2, 0.25) is 0 Å². The summed E-state index contributed by atoms with van der Waals surface area (Å²) >= 11 is 3.13. The molecule has 2 rings (SSSR count). The average Bonchev–Trinajstić information content (AvgIpc) is 2.96. The predicted octanol–water partition coefficient (Wildman–Crippen LogP) is 3.11. The molecule has 0 aromatic carbocycles. The quantitative estimate of drug-likeness (QED) is 0.837. The minimum atomic E-state index is -0.479. The molecule has 0 unspecified atom stereocenters. The first kappa shape index (κ1) is 14.4. The highest BCUT2D eigenvalue weighted by Crippen LogP contribution is 2.23. The van der Waals surface area contributed by atoms with E-state index < -0.39 is 5.97 Å². The van der Waals surface area contributed by atoms with E-state index in [-0.39, 0.29) is 12.5 Å². The number of anilines is 1. The number of carbonyl (C=O) groups excluding carboxylic acids is 2. The van der Waals surface area contributed by atoms with Crippen LogP contribution in [0.3, 0.4) is 0 Å². The number of hydrogen-bond donors (Lipinski definition) is 2. The fourth-order valence-corrected chi connectivity index (χ4v) is 2.16. The summed E-state index contributed by atoms with van der Waals surface area (Å²) in [6, 6.07) is 1.53. The van der Waals surface area contributed by atoms with Crippen molar-refractivity contribution in [3.05, 3.63) is 40.0 Å². The van der Waals surface area contributed by atoms with E-state index in [9.17, 15) is 9.59 Å². The Labute approximate surface area is 123 Å². The topological polar surface area (TPSA) is 84.3 Å². The molecule has 2 N–H and O–H groups in total. The molecule has 0 saturated carbocycles. The van der Waals surface area contributed by atoms with Crippen LogP contribution < -0.4 is 5.32 Å². The molecule has 0 atom stereocenters. The second kappa shape index (κ2) is 5.96. The number of hydrogen-bond acceptors (Lipinski definition) is 4. The van der Waals surface area contributed by atoms with Crippen LogP contribution in [0.1, 0.15) is 33.3 Å². The van der Waals surface area contributed by atoms with E-state index in [0.717, 1.165) is 0 Å². The van der Waals surface area contributed by atoms with Crippen LogP contribution in [0.25, 0.3) is 0 Å². The Morgan fingerprint density at radius 2 is 2.25 bits per heavy atom. The van der Waals surface area contributed by atoms with Crippen LogP contribution in [0.5, 0.6) is 0 Å². The van der Waals surface area contributed by atoms with Crippen LogP contribution in [0.15, 0.2) is 27.6 Å². The van der Waals surface area contributed by atoms with Crippen molar-refractivity contribution in [3.8, 4) is 0 Å². The molecule has 7 heteroatoms. The molecular formula is C13H13BrN2O4. The normalized spacial score (nSPS) is 10.3. The minimum Gasteiger partial charge on any atom is -0.462 e. The van der Waals surface area contributed by atoms with Crippen molar-refractivity contribution in [1.82, 2.24) is 4.98 Å².